The average Bonchev–Trinajstić information content (AvgIpc) is 3.24. The highest BCUT2D eigenvalue weighted by Gasteiger charge is 2.35. The third-order valence-corrected chi connectivity index (χ3v) is 6.10. The Labute approximate surface area is 213 Å². The summed E-state index contributed by atoms with van der Waals surface area (Å²) in [6.45, 7) is 6.60. The third kappa shape index (κ3) is 5.52. The number of carbonyl (C=O) groups excluding carboxylic acids is 1. The van der Waals surface area contributed by atoms with E-state index in [9.17, 15) is 22.8 Å². The van der Waals surface area contributed by atoms with Gasteiger partial charge in [-0.3, -0.25) is 9.59 Å². The van der Waals surface area contributed by atoms with Gasteiger partial charge in [0.05, 0.1) is 16.0 Å². The van der Waals surface area contributed by atoms with Crippen LogP contribution in [0.15, 0.2) is 34.1 Å². The number of halogens is 5. The first-order chi connectivity index (χ1) is 16.3. The Kier molecular flexibility index (Phi) is 7.93. The maximum absolute atomic E-state index is 13.7. The fourth-order valence-corrected chi connectivity index (χ4v) is 4.28. The smallest absolute Gasteiger partial charge is 0.422 e. The number of rotatable bonds is 6. The molecular weight excluding hydrogens is 528 g/mol. The zero-order chi connectivity index (χ0) is 26.2. The highest BCUT2D eigenvalue weighted by atomic mass is 35.5. The first-order valence-electron chi connectivity index (χ1n) is 10.3. The van der Waals surface area contributed by atoms with Crippen LogP contribution in [0.5, 0.6) is 5.75 Å². The van der Waals surface area contributed by atoms with E-state index < -0.39 is 40.9 Å². The van der Waals surface area contributed by atoms with Gasteiger partial charge in [-0.1, -0.05) is 50.9 Å². The lowest BCUT2D eigenvalue weighted by Gasteiger charge is -2.20. The molecule has 0 spiro atoms. The number of thioether (sulfide) groups is 1. The monoisotopic (exact) mass is 548 g/mol. The van der Waals surface area contributed by atoms with Crippen LogP contribution in [0.4, 0.5) is 13.2 Å². The Hall–Kier alpha value is -2.50. The predicted octanol–water partition coefficient (Wildman–Crippen LogP) is 6.15. The second-order valence-electron chi connectivity index (χ2n) is 8.09. The molecule has 0 aliphatic carbocycles. The molecule has 35 heavy (non-hydrogen) atoms. The van der Waals surface area contributed by atoms with Gasteiger partial charge >= 0.3 is 17.7 Å². The van der Waals surface area contributed by atoms with Crippen molar-refractivity contribution in [1.29, 1.82) is 0 Å². The number of esters is 1. The van der Waals surface area contributed by atoms with E-state index in [1.54, 1.807) is 39.8 Å². The Morgan fingerprint density at radius 1 is 1.09 bits per heavy atom. The Morgan fingerprint density at radius 2 is 1.69 bits per heavy atom. The van der Waals surface area contributed by atoms with E-state index >= 15 is 0 Å². The fraction of sp³-hybridized carbons (Fsp3) is 0.364. The Morgan fingerprint density at radius 3 is 2.14 bits per heavy atom. The summed E-state index contributed by atoms with van der Waals surface area (Å²) in [5.74, 6) is -1.99. The summed E-state index contributed by atoms with van der Waals surface area (Å²) in [6, 6.07) is 3.87. The predicted molar refractivity (Wildman–Crippen MR) is 128 cm³/mol. The molecule has 3 aromatic rings. The van der Waals surface area contributed by atoms with Crippen molar-refractivity contribution in [2.45, 2.75) is 44.7 Å². The van der Waals surface area contributed by atoms with Crippen molar-refractivity contribution in [1.82, 2.24) is 19.6 Å². The van der Waals surface area contributed by atoms with Crippen LogP contribution in [-0.4, -0.2) is 31.8 Å². The fourth-order valence-electron chi connectivity index (χ4n) is 3.03. The minimum absolute atomic E-state index is 0.0317. The van der Waals surface area contributed by atoms with E-state index in [1.807, 2.05) is 6.26 Å². The highest BCUT2D eigenvalue weighted by Crippen LogP contribution is 2.36. The standard InChI is InChI=1S/C22H21Cl2F3N4O3S/c1-10(2)16-19(34-21(33)11(3)4)18(30-7-6-15(28-30)22(25,26)27)20(32)31(29-16)17-13(23)8-12(35-5)9-14(17)24/h6-11H,1-5H3. The third-order valence-electron chi connectivity index (χ3n) is 4.82. The molecule has 188 valence electrons. The Balaban J connectivity index is 2.43. The number of ether oxygens (including phenoxy) is 1. The largest absolute Gasteiger partial charge is 0.435 e. The molecule has 7 nitrogen and oxygen atoms in total. The molecule has 0 aliphatic heterocycles. The Bertz CT molecular complexity index is 1310. The molecule has 0 N–H and O–H groups in total. The number of carbonyl (C=O) groups is 1. The maximum atomic E-state index is 13.7. The summed E-state index contributed by atoms with van der Waals surface area (Å²) in [5, 5.41) is 8.08. The van der Waals surface area contributed by atoms with E-state index in [1.165, 1.54) is 11.8 Å². The summed E-state index contributed by atoms with van der Waals surface area (Å²) < 4.78 is 46.9. The maximum Gasteiger partial charge on any atom is 0.435 e. The van der Waals surface area contributed by atoms with Crippen LogP contribution in [0.25, 0.3) is 11.4 Å². The number of alkyl halides is 3. The molecule has 2 aromatic heterocycles. The van der Waals surface area contributed by atoms with Gasteiger partial charge in [0.2, 0.25) is 0 Å². The molecule has 0 saturated carbocycles. The summed E-state index contributed by atoms with van der Waals surface area (Å²) >= 11 is 14.2. The summed E-state index contributed by atoms with van der Waals surface area (Å²) in [7, 11) is 0. The van der Waals surface area contributed by atoms with Gasteiger partial charge in [-0.2, -0.15) is 28.1 Å². The van der Waals surface area contributed by atoms with Crippen LogP contribution in [-0.2, 0) is 11.0 Å². The SMILES string of the molecule is CSc1cc(Cl)c(-n2nc(C(C)C)c(OC(=O)C(C)C)c(-n3ccc(C(F)(F)F)n3)c2=O)c(Cl)c1. The second kappa shape index (κ2) is 10.2. The van der Waals surface area contributed by atoms with Gasteiger partial charge in [0.25, 0.3) is 0 Å². The second-order valence-corrected chi connectivity index (χ2v) is 9.79. The molecule has 2 heterocycles. The van der Waals surface area contributed by atoms with Crippen LogP contribution in [0.1, 0.15) is 45.0 Å². The van der Waals surface area contributed by atoms with E-state index in [0.717, 1.165) is 20.5 Å². The van der Waals surface area contributed by atoms with Crippen molar-refractivity contribution in [2.24, 2.45) is 5.92 Å². The van der Waals surface area contributed by atoms with Crippen molar-refractivity contribution >= 4 is 40.9 Å². The molecule has 13 heteroatoms. The molecule has 0 unspecified atom stereocenters. The number of hydrogen-bond acceptors (Lipinski definition) is 6. The van der Waals surface area contributed by atoms with Gasteiger partial charge in [-0.15, -0.1) is 11.8 Å². The summed E-state index contributed by atoms with van der Waals surface area (Å²) in [5.41, 5.74) is -2.44. The molecule has 0 atom stereocenters. The lowest BCUT2D eigenvalue weighted by atomic mass is 10.1. The quantitative estimate of drug-likeness (QED) is 0.271. The van der Waals surface area contributed by atoms with Crippen molar-refractivity contribution in [3.63, 3.8) is 0 Å². The molecular formula is C22H21Cl2F3N4O3S. The number of hydrogen-bond donors (Lipinski definition) is 0. The van der Waals surface area contributed by atoms with Crippen molar-refractivity contribution in [2.75, 3.05) is 6.26 Å². The molecule has 3 rings (SSSR count). The zero-order valence-electron chi connectivity index (χ0n) is 19.3. The van der Waals surface area contributed by atoms with Gasteiger partial charge in [0.1, 0.15) is 11.4 Å². The molecule has 0 saturated heterocycles. The normalized spacial score (nSPS) is 12.0. The average molecular weight is 549 g/mol. The van der Waals surface area contributed by atoms with Gasteiger partial charge in [-0.05, 0) is 24.5 Å². The number of nitrogens with zero attached hydrogens (tertiary/aromatic N) is 4. The topological polar surface area (TPSA) is 79.0 Å². The summed E-state index contributed by atoms with van der Waals surface area (Å²) in [6.07, 6.45) is -1.98. The summed E-state index contributed by atoms with van der Waals surface area (Å²) in [4.78, 5) is 26.9. The first kappa shape index (κ1) is 27.1. The van der Waals surface area contributed by atoms with Crippen LogP contribution < -0.4 is 10.3 Å². The number of aromatic nitrogens is 4. The minimum atomic E-state index is -4.76. The van der Waals surface area contributed by atoms with Gasteiger partial charge in [0, 0.05) is 17.0 Å². The first-order valence-corrected chi connectivity index (χ1v) is 12.3. The van der Waals surface area contributed by atoms with Gasteiger partial charge < -0.3 is 4.74 Å². The van der Waals surface area contributed by atoms with E-state index in [-0.39, 0.29) is 27.2 Å². The van der Waals surface area contributed by atoms with Crippen LogP contribution in [0.3, 0.4) is 0 Å². The van der Waals surface area contributed by atoms with Crippen molar-refractivity contribution in [3.8, 4) is 17.1 Å². The van der Waals surface area contributed by atoms with Crippen molar-refractivity contribution < 1.29 is 22.7 Å². The molecule has 0 bridgehead atoms. The lowest BCUT2D eigenvalue weighted by molar-refractivity contribution is -0.141. The molecule has 0 radical (unpaired) electrons. The van der Waals surface area contributed by atoms with Crippen LogP contribution in [0, 0.1) is 5.92 Å². The van der Waals surface area contributed by atoms with Gasteiger partial charge in [-0.25, -0.2) is 4.68 Å². The molecule has 0 aliphatic rings. The lowest BCUT2D eigenvalue weighted by Crippen LogP contribution is -2.30. The molecule has 0 fully saturated rings. The van der Waals surface area contributed by atoms with Gasteiger partial charge in [0.15, 0.2) is 17.1 Å². The van der Waals surface area contributed by atoms with E-state index in [4.69, 9.17) is 27.9 Å². The molecule has 1 aromatic carbocycles. The van der Waals surface area contributed by atoms with E-state index in [2.05, 4.69) is 10.2 Å². The van der Waals surface area contributed by atoms with Crippen LogP contribution >= 0.6 is 35.0 Å². The van der Waals surface area contributed by atoms with Crippen molar-refractivity contribution in [3.05, 3.63) is 56.2 Å². The zero-order valence-corrected chi connectivity index (χ0v) is 21.6. The minimum Gasteiger partial charge on any atom is -0.422 e. The molecule has 0 amide bonds. The van der Waals surface area contributed by atoms with E-state index in [0.29, 0.717) is 6.07 Å². The van der Waals surface area contributed by atoms with Crippen LogP contribution in [0.2, 0.25) is 10.0 Å². The number of benzene rings is 1. The highest BCUT2D eigenvalue weighted by molar-refractivity contribution is 7.98.